The molecule has 2 amide bonds. The number of benzene rings is 1. The molecule has 0 radical (unpaired) electrons. The second kappa shape index (κ2) is 13.4. The number of likely N-dealkylation sites (tertiary alicyclic amines) is 1. The van der Waals surface area contributed by atoms with E-state index in [-0.39, 0.29) is 23.0 Å². The average Bonchev–Trinajstić information content (AvgIpc) is 3.39. The maximum atomic E-state index is 12.9. The highest BCUT2D eigenvalue weighted by Gasteiger charge is 2.33. The Morgan fingerprint density at radius 1 is 1.29 bits per heavy atom. The van der Waals surface area contributed by atoms with E-state index in [9.17, 15) is 9.59 Å². The Kier molecular flexibility index (Phi) is 9.93. The van der Waals surface area contributed by atoms with Crippen LogP contribution in [0.1, 0.15) is 45.6 Å². The summed E-state index contributed by atoms with van der Waals surface area (Å²) < 4.78 is 17.1. The third-order valence-electron chi connectivity index (χ3n) is 6.63. The molecule has 0 aliphatic carbocycles. The predicted molar refractivity (Wildman–Crippen MR) is 161 cm³/mol. The number of rotatable bonds is 9. The summed E-state index contributed by atoms with van der Waals surface area (Å²) in [6.45, 7) is 7.39. The summed E-state index contributed by atoms with van der Waals surface area (Å²) in [5, 5.41) is 9.78. The molecule has 1 aromatic heterocycles. The Hall–Kier alpha value is -3.57. The molecule has 0 spiro atoms. The van der Waals surface area contributed by atoms with E-state index in [4.69, 9.17) is 38.0 Å². The van der Waals surface area contributed by atoms with Gasteiger partial charge in [0, 0.05) is 43.5 Å². The van der Waals surface area contributed by atoms with Crippen molar-refractivity contribution in [2.75, 3.05) is 32.1 Å². The molecule has 2 aliphatic rings. The molecule has 2 aliphatic heterocycles. The third kappa shape index (κ3) is 7.80. The number of nitrogens with one attached hydrogen (secondary N) is 3. The van der Waals surface area contributed by atoms with Gasteiger partial charge in [-0.1, -0.05) is 29.9 Å². The summed E-state index contributed by atoms with van der Waals surface area (Å²) in [5.41, 5.74) is 1.92. The molecule has 0 saturated carbocycles. The van der Waals surface area contributed by atoms with Crippen LogP contribution in [0.2, 0.25) is 5.02 Å². The number of nitrogens with zero attached hydrogens (tertiary/aromatic N) is 2. The van der Waals surface area contributed by atoms with Crippen molar-refractivity contribution < 1.29 is 23.8 Å². The van der Waals surface area contributed by atoms with Crippen molar-refractivity contribution in [3.63, 3.8) is 0 Å². The van der Waals surface area contributed by atoms with Crippen LogP contribution in [0.4, 0.5) is 10.5 Å². The molecule has 0 bridgehead atoms. The molecule has 1 atom stereocenters. The first-order valence-corrected chi connectivity index (χ1v) is 14.3. The second-order valence-corrected chi connectivity index (χ2v) is 11.6. The molecular formula is C29H36ClN5O5S. The van der Waals surface area contributed by atoms with E-state index in [0.29, 0.717) is 66.1 Å². The Bertz CT molecular complexity index is 1330. The van der Waals surface area contributed by atoms with Gasteiger partial charge in [-0.05, 0) is 51.8 Å². The number of aromatic nitrogens is 1. The number of anilines is 1. The molecule has 10 nitrogen and oxygen atoms in total. The largest absolute Gasteiger partial charge is 0.493 e. The van der Waals surface area contributed by atoms with Crippen LogP contribution >= 0.6 is 23.8 Å². The molecule has 1 aromatic carbocycles. The summed E-state index contributed by atoms with van der Waals surface area (Å²) in [5.74, 6) is 0.767. The Balaban J connectivity index is 1.45. The van der Waals surface area contributed by atoms with Gasteiger partial charge in [0.2, 0.25) is 0 Å². The number of halogens is 1. The summed E-state index contributed by atoms with van der Waals surface area (Å²) >= 11 is 11.9. The fraction of sp³-hybridized carbons (Fsp3) is 0.448. The van der Waals surface area contributed by atoms with Crippen LogP contribution in [0, 0.1) is 0 Å². The molecule has 41 heavy (non-hydrogen) atoms. The van der Waals surface area contributed by atoms with Gasteiger partial charge in [0.15, 0.2) is 5.75 Å². The predicted octanol–water partition coefficient (Wildman–Crippen LogP) is 4.83. The lowest BCUT2D eigenvalue weighted by Crippen LogP contribution is -2.42. The monoisotopic (exact) mass is 601 g/mol. The van der Waals surface area contributed by atoms with Crippen molar-refractivity contribution in [1.29, 1.82) is 0 Å². The Morgan fingerprint density at radius 3 is 2.85 bits per heavy atom. The SMILES string of the molecule is COc1c(Cl)cccc1NC(=S)C1=C(NCc2ccncc2OCC2CCCN2C(=O)OC(C)(C)C)CCNC1=O. The first kappa shape index (κ1) is 30.4. The zero-order chi connectivity index (χ0) is 29.6. The summed E-state index contributed by atoms with van der Waals surface area (Å²) in [7, 11) is 1.52. The molecule has 1 fully saturated rings. The van der Waals surface area contributed by atoms with Gasteiger partial charge in [0.05, 0.1) is 35.6 Å². The highest BCUT2D eigenvalue weighted by atomic mass is 35.5. The lowest BCUT2D eigenvalue weighted by Gasteiger charge is -2.28. The number of carbonyl (C=O) groups excluding carboxylic acids is 2. The standard InChI is InChI=1S/C29H36ClN5O5S/c1-29(2,3)40-28(37)35-14-6-7-19(35)17-39-23-16-31-12-10-18(23)15-33-21-11-13-32-26(36)24(21)27(41)34-22-9-5-8-20(30)25(22)38-4/h5,8-10,12,16,19,33H,6-7,11,13-15,17H2,1-4H3,(H,32,36)(H,34,41). The van der Waals surface area contributed by atoms with Crippen molar-refractivity contribution in [1.82, 2.24) is 20.5 Å². The quantitative estimate of drug-likeness (QED) is 0.348. The molecular weight excluding hydrogens is 566 g/mol. The molecule has 220 valence electrons. The summed E-state index contributed by atoms with van der Waals surface area (Å²) in [6.07, 6.45) is 5.32. The number of hydrogen-bond donors (Lipinski definition) is 3. The topological polar surface area (TPSA) is 114 Å². The van der Waals surface area contributed by atoms with E-state index in [0.717, 1.165) is 18.4 Å². The number of methoxy groups -OCH3 is 1. The van der Waals surface area contributed by atoms with Crippen molar-refractivity contribution >= 4 is 46.5 Å². The summed E-state index contributed by atoms with van der Waals surface area (Å²) in [6, 6.07) is 7.03. The molecule has 4 rings (SSSR count). The maximum absolute atomic E-state index is 12.9. The van der Waals surface area contributed by atoms with Crippen LogP contribution in [0.3, 0.4) is 0 Å². The van der Waals surface area contributed by atoms with Gasteiger partial charge in [-0.3, -0.25) is 9.78 Å². The minimum absolute atomic E-state index is 0.0888. The van der Waals surface area contributed by atoms with Crippen LogP contribution in [0.5, 0.6) is 11.5 Å². The normalized spacial score (nSPS) is 17.1. The highest BCUT2D eigenvalue weighted by molar-refractivity contribution is 7.81. The third-order valence-corrected chi connectivity index (χ3v) is 7.24. The molecule has 3 heterocycles. The molecule has 3 N–H and O–H groups in total. The average molecular weight is 602 g/mol. The van der Waals surface area contributed by atoms with Gasteiger partial charge in [0.25, 0.3) is 5.91 Å². The van der Waals surface area contributed by atoms with Gasteiger partial charge in [-0.15, -0.1) is 0 Å². The van der Waals surface area contributed by atoms with Crippen LogP contribution in [0.25, 0.3) is 0 Å². The van der Waals surface area contributed by atoms with Crippen molar-refractivity contribution in [3.05, 3.63) is 58.5 Å². The second-order valence-electron chi connectivity index (χ2n) is 10.8. The number of hydrogen-bond acceptors (Lipinski definition) is 8. The molecule has 1 unspecified atom stereocenters. The van der Waals surface area contributed by atoms with Crippen molar-refractivity contribution in [2.45, 2.75) is 58.2 Å². The number of para-hydroxylation sites is 1. The zero-order valence-corrected chi connectivity index (χ0v) is 25.3. The van der Waals surface area contributed by atoms with E-state index in [1.807, 2.05) is 26.8 Å². The fourth-order valence-corrected chi connectivity index (χ4v) is 5.29. The lowest BCUT2D eigenvalue weighted by molar-refractivity contribution is -0.117. The first-order valence-electron chi connectivity index (χ1n) is 13.5. The highest BCUT2D eigenvalue weighted by Crippen LogP contribution is 2.33. The Labute approximate surface area is 250 Å². The van der Waals surface area contributed by atoms with Gasteiger partial charge in [-0.2, -0.15) is 0 Å². The smallest absolute Gasteiger partial charge is 0.410 e. The van der Waals surface area contributed by atoms with Gasteiger partial charge < -0.3 is 35.1 Å². The van der Waals surface area contributed by atoms with E-state index >= 15 is 0 Å². The minimum atomic E-state index is -0.561. The maximum Gasteiger partial charge on any atom is 0.410 e. The molecule has 2 aromatic rings. The van der Waals surface area contributed by atoms with Gasteiger partial charge in [0.1, 0.15) is 22.9 Å². The lowest BCUT2D eigenvalue weighted by atomic mass is 10.1. The summed E-state index contributed by atoms with van der Waals surface area (Å²) in [4.78, 5) is 31.8. The van der Waals surface area contributed by atoms with E-state index in [1.54, 1.807) is 35.5 Å². The minimum Gasteiger partial charge on any atom is -0.493 e. The van der Waals surface area contributed by atoms with Crippen LogP contribution < -0.4 is 25.4 Å². The number of thiocarbonyl (C=S) groups is 1. The van der Waals surface area contributed by atoms with Gasteiger partial charge >= 0.3 is 6.09 Å². The van der Waals surface area contributed by atoms with Crippen LogP contribution in [0.15, 0.2) is 47.9 Å². The first-order chi connectivity index (χ1) is 19.6. The molecule has 1 saturated heterocycles. The van der Waals surface area contributed by atoms with E-state index in [2.05, 4.69) is 20.9 Å². The fourth-order valence-electron chi connectivity index (χ4n) is 4.71. The van der Waals surface area contributed by atoms with E-state index < -0.39 is 5.60 Å². The number of carbonyl (C=O) groups is 2. The Morgan fingerprint density at radius 2 is 2.10 bits per heavy atom. The van der Waals surface area contributed by atoms with Crippen LogP contribution in [-0.4, -0.2) is 65.3 Å². The number of amides is 2. The number of pyridine rings is 1. The number of ether oxygens (including phenoxy) is 3. The molecule has 12 heteroatoms. The van der Waals surface area contributed by atoms with Crippen molar-refractivity contribution in [2.24, 2.45) is 0 Å². The van der Waals surface area contributed by atoms with E-state index in [1.165, 1.54) is 7.11 Å². The van der Waals surface area contributed by atoms with Crippen molar-refractivity contribution in [3.8, 4) is 11.5 Å². The van der Waals surface area contributed by atoms with Gasteiger partial charge in [-0.25, -0.2) is 4.79 Å². The van der Waals surface area contributed by atoms with Crippen LogP contribution in [-0.2, 0) is 16.1 Å². The zero-order valence-electron chi connectivity index (χ0n) is 23.7.